The van der Waals surface area contributed by atoms with E-state index in [0.29, 0.717) is 12.3 Å². The third-order valence-corrected chi connectivity index (χ3v) is 3.12. The molecular formula is C9H10BrNO. The van der Waals surface area contributed by atoms with Crippen LogP contribution >= 0.6 is 15.9 Å². The van der Waals surface area contributed by atoms with Crippen LogP contribution in [0.4, 0.5) is 0 Å². The van der Waals surface area contributed by atoms with E-state index in [1.165, 1.54) is 0 Å². The monoisotopic (exact) mass is 227 g/mol. The molecule has 1 N–H and O–H groups in total. The Morgan fingerprint density at radius 2 is 2.42 bits per heavy atom. The fourth-order valence-corrected chi connectivity index (χ4v) is 2.30. The first-order valence-electron chi connectivity index (χ1n) is 4.10. The third-order valence-electron chi connectivity index (χ3n) is 2.36. The summed E-state index contributed by atoms with van der Waals surface area (Å²) in [6.45, 7) is 0. The topological polar surface area (TPSA) is 29.1 Å². The van der Waals surface area contributed by atoms with Crippen molar-refractivity contribution in [3.05, 3.63) is 22.7 Å². The Morgan fingerprint density at radius 3 is 3.25 bits per heavy atom. The standard InChI is InChI=1S/C9H10BrNO/c10-7-3-1-2-6-4-5-8(12)11-9(6)7/h1-3,6,9H,4-5H2,(H,11,12). The fourth-order valence-electron chi connectivity index (χ4n) is 1.69. The summed E-state index contributed by atoms with van der Waals surface area (Å²) in [5.74, 6) is 0.652. The quantitative estimate of drug-likeness (QED) is 0.672. The first-order chi connectivity index (χ1) is 5.77. The molecule has 0 aromatic rings. The molecule has 2 unspecified atom stereocenters. The lowest BCUT2D eigenvalue weighted by molar-refractivity contribution is -0.123. The van der Waals surface area contributed by atoms with Crippen LogP contribution in [0, 0.1) is 5.92 Å². The number of piperidine rings is 1. The van der Waals surface area contributed by atoms with Gasteiger partial charge in [-0.15, -0.1) is 0 Å². The molecule has 0 saturated carbocycles. The minimum atomic E-state index is 0.164. The first kappa shape index (κ1) is 8.05. The zero-order valence-corrected chi connectivity index (χ0v) is 8.17. The number of allylic oxidation sites excluding steroid dienone is 2. The second-order valence-corrected chi connectivity index (χ2v) is 4.10. The van der Waals surface area contributed by atoms with Crippen molar-refractivity contribution in [3.63, 3.8) is 0 Å². The molecule has 0 bridgehead atoms. The number of halogens is 1. The van der Waals surface area contributed by atoms with Crippen molar-refractivity contribution in [2.75, 3.05) is 0 Å². The lowest BCUT2D eigenvalue weighted by Gasteiger charge is -2.31. The van der Waals surface area contributed by atoms with Gasteiger partial charge in [0.1, 0.15) is 0 Å². The molecule has 1 saturated heterocycles. The number of fused-ring (bicyclic) bond motifs is 1. The SMILES string of the molecule is O=C1CCC2C=CC=C(Br)C2N1. The molecule has 1 aliphatic heterocycles. The van der Waals surface area contributed by atoms with Crippen LogP contribution in [0.25, 0.3) is 0 Å². The van der Waals surface area contributed by atoms with Gasteiger partial charge < -0.3 is 5.32 Å². The van der Waals surface area contributed by atoms with Crippen LogP contribution < -0.4 is 5.32 Å². The molecule has 2 nitrogen and oxygen atoms in total. The summed E-state index contributed by atoms with van der Waals surface area (Å²) in [6.07, 6.45) is 7.83. The van der Waals surface area contributed by atoms with Gasteiger partial charge in [-0.1, -0.05) is 34.2 Å². The zero-order valence-electron chi connectivity index (χ0n) is 6.59. The van der Waals surface area contributed by atoms with Crippen molar-refractivity contribution < 1.29 is 4.79 Å². The van der Waals surface area contributed by atoms with E-state index in [9.17, 15) is 4.79 Å². The summed E-state index contributed by atoms with van der Waals surface area (Å²) in [5, 5.41) is 2.96. The lowest BCUT2D eigenvalue weighted by Crippen LogP contribution is -2.45. The number of hydrogen-bond acceptors (Lipinski definition) is 1. The van der Waals surface area contributed by atoms with E-state index in [4.69, 9.17) is 0 Å². The van der Waals surface area contributed by atoms with Gasteiger partial charge in [0, 0.05) is 16.8 Å². The highest BCUT2D eigenvalue weighted by atomic mass is 79.9. The summed E-state index contributed by atoms with van der Waals surface area (Å²) in [5.41, 5.74) is 0. The van der Waals surface area contributed by atoms with E-state index in [1.54, 1.807) is 0 Å². The maximum atomic E-state index is 11.1. The van der Waals surface area contributed by atoms with Crippen molar-refractivity contribution in [3.8, 4) is 0 Å². The Hall–Kier alpha value is -0.570. The number of carbonyl (C=O) groups is 1. The van der Waals surface area contributed by atoms with E-state index in [-0.39, 0.29) is 11.9 Å². The molecule has 1 fully saturated rings. The van der Waals surface area contributed by atoms with Crippen LogP contribution in [0.15, 0.2) is 22.7 Å². The Bertz CT molecular complexity index is 270. The van der Waals surface area contributed by atoms with Crippen LogP contribution in [0.1, 0.15) is 12.8 Å². The van der Waals surface area contributed by atoms with E-state index >= 15 is 0 Å². The predicted molar refractivity (Wildman–Crippen MR) is 50.8 cm³/mol. The average Bonchev–Trinajstić information content (AvgIpc) is 2.07. The van der Waals surface area contributed by atoms with Crippen LogP contribution in [0.5, 0.6) is 0 Å². The predicted octanol–water partition coefficient (Wildman–Crippen LogP) is 1.73. The average molecular weight is 228 g/mol. The third kappa shape index (κ3) is 1.33. The van der Waals surface area contributed by atoms with Crippen LogP contribution in [-0.4, -0.2) is 11.9 Å². The Kier molecular flexibility index (Phi) is 2.05. The van der Waals surface area contributed by atoms with Gasteiger partial charge in [-0.25, -0.2) is 0 Å². The molecular weight excluding hydrogens is 218 g/mol. The number of nitrogens with one attached hydrogen (secondary N) is 1. The molecule has 1 heterocycles. The summed E-state index contributed by atoms with van der Waals surface area (Å²) in [4.78, 5) is 11.1. The van der Waals surface area contributed by atoms with Crippen LogP contribution in [-0.2, 0) is 4.79 Å². The lowest BCUT2D eigenvalue weighted by atomic mass is 9.87. The Labute approximate surface area is 79.8 Å². The summed E-state index contributed by atoms with van der Waals surface area (Å²) in [6, 6.07) is 0.191. The molecule has 0 aromatic carbocycles. The molecule has 1 aliphatic carbocycles. The number of amides is 1. The van der Waals surface area contributed by atoms with Crippen molar-refractivity contribution in [2.24, 2.45) is 5.92 Å². The minimum Gasteiger partial charge on any atom is -0.348 e. The van der Waals surface area contributed by atoms with Gasteiger partial charge in [0.2, 0.25) is 5.91 Å². The Balaban J connectivity index is 2.19. The molecule has 2 rings (SSSR count). The molecule has 1 amide bonds. The van der Waals surface area contributed by atoms with E-state index < -0.39 is 0 Å². The summed E-state index contributed by atoms with van der Waals surface area (Å²) < 4.78 is 1.09. The molecule has 64 valence electrons. The van der Waals surface area contributed by atoms with Gasteiger partial charge in [-0.2, -0.15) is 0 Å². The van der Waals surface area contributed by atoms with Gasteiger partial charge in [-0.05, 0) is 6.42 Å². The summed E-state index contributed by atoms with van der Waals surface area (Å²) >= 11 is 3.45. The maximum Gasteiger partial charge on any atom is 0.220 e. The molecule has 2 aliphatic rings. The van der Waals surface area contributed by atoms with E-state index in [2.05, 4.69) is 27.3 Å². The Morgan fingerprint density at radius 1 is 1.58 bits per heavy atom. The fraction of sp³-hybridized carbons (Fsp3) is 0.444. The van der Waals surface area contributed by atoms with Crippen LogP contribution in [0.3, 0.4) is 0 Å². The van der Waals surface area contributed by atoms with Crippen molar-refractivity contribution in [1.29, 1.82) is 0 Å². The van der Waals surface area contributed by atoms with Crippen molar-refractivity contribution in [1.82, 2.24) is 5.32 Å². The molecule has 2 atom stereocenters. The van der Waals surface area contributed by atoms with Gasteiger partial charge in [0.15, 0.2) is 0 Å². The molecule has 0 spiro atoms. The number of hydrogen-bond donors (Lipinski definition) is 1. The molecule has 0 aromatic heterocycles. The van der Waals surface area contributed by atoms with Gasteiger partial charge in [-0.3, -0.25) is 4.79 Å². The van der Waals surface area contributed by atoms with E-state index in [0.717, 1.165) is 10.9 Å². The van der Waals surface area contributed by atoms with Gasteiger partial charge in [0.05, 0.1) is 6.04 Å². The molecule has 3 heteroatoms. The van der Waals surface area contributed by atoms with Crippen molar-refractivity contribution in [2.45, 2.75) is 18.9 Å². The van der Waals surface area contributed by atoms with Gasteiger partial charge in [0.25, 0.3) is 0 Å². The highest BCUT2D eigenvalue weighted by molar-refractivity contribution is 9.11. The second kappa shape index (κ2) is 3.05. The number of rotatable bonds is 0. The number of carbonyl (C=O) groups excluding carboxylic acids is 1. The molecule has 0 radical (unpaired) electrons. The first-order valence-corrected chi connectivity index (χ1v) is 4.90. The normalized spacial score (nSPS) is 33.8. The summed E-state index contributed by atoms with van der Waals surface area (Å²) in [7, 11) is 0. The van der Waals surface area contributed by atoms with E-state index in [1.807, 2.05) is 12.2 Å². The smallest absolute Gasteiger partial charge is 0.220 e. The maximum absolute atomic E-state index is 11.1. The zero-order chi connectivity index (χ0) is 8.55. The highest BCUT2D eigenvalue weighted by Crippen LogP contribution is 2.29. The minimum absolute atomic E-state index is 0.164. The van der Waals surface area contributed by atoms with Gasteiger partial charge >= 0.3 is 0 Å². The van der Waals surface area contributed by atoms with Crippen molar-refractivity contribution >= 4 is 21.8 Å². The molecule has 12 heavy (non-hydrogen) atoms. The second-order valence-electron chi connectivity index (χ2n) is 3.18. The highest BCUT2D eigenvalue weighted by Gasteiger charge is 2.29. The largest absolute Gasteiger partial charge is 0.348 e. The van der Waals surface area contributed by atoms with Crippen LogP contribution in [0.2, 0.25) is 0 Å².